The van der Waals surface area contributed by atoms with Gasteiger partial charge in [-0.2, -0.15) is 0 Å². The average Bonchev–Trinajstić information content (AvgIpc) is 2.78. The van der Waals surface area contributed by atoms with Crippen LogP contribution in [-0.4, -0.2) is 20.9 Å². The molecule has 3 rings (SSSR count). The zero-order valence-corrected chi connectivity index (χ0v) is 10.2. The van der Waals surface area contributed by atoms with Gasteiger partial charge in [-0.3, -0.25) is 9.59 Å². The van der Waals surface area contributed by atoms with E-state index in [0.717, 1.165) is 0 Å². The number of aromatic nitrogens is 3. The quantitative estimate of drug-likeness (QED) is 0.552. The Labute approximate surface area is 111 Å². The molecule has 3 aromatic rings. The lowest BCUT2D eigenvalue weighted by Gasteiger charge is -2.04. The number of pyridine rings is 1. The highest BCUT2D eigenvalue weighted by atomic mass is 16.2. The first-order valence-electron chi connectivity index (χ1n) is 5.84. The molecule has 20 heavy (non-hydrogen) atoms. The molecule has 4 N–H and O–H groups in total. The molecule has 0 aliphatic carbocycles. The van der Waals surface area contributed by atoms with E-state index >= 15 is 0 Å². The largest absolute Gasteiger partial charge is 0.328 e. The Balaban J connectivity index is 1.93. The van der Waals surface area contributed by atoms with Gasteiger partial charge in [0.15, 0.2) is 0 Å². The summed E-state index contributed by atoms with van der Waals surface area (Å²) >= 11 is 0. The number of aromatic amines is 3. The SMILES string of the molecule is O=C(Nc1ccc2[nH]c(=O)[nH]c2c1)c1ccc[nH]c1=O. The summed E-state index contributed by atoms with van der Waals surface area (Å²) in [5.41, 5.74) is 0.959. The Morgan fingerprint density at radius 3 is 2.65 bits per heavy atom. The highest BCUT2D eigenvalue weighted by Crippen LogP contribution is 2.14. The van der Waals surface area contributed by atoms with E-state index in [2.05, 4.69) is 20.3 Å². The summed E-state index contributed by atoms with van der Waals surface area (Å²) in [7, 11) is 0. The molecule has 100 valence electrons. The van der Waals surface area contributed by atoms with Crippen molar-refractivity contribution in [1.82, 2.24) is 15.0 Å². The number of amides is 1. The smallest absolute Gasteiger partial charge is 0.323 e. The topological polar surface area (TPSA) is 111 Å². The van der Waals surface area contributed by atoms with E-state index in [1.807, 2.05) is 0 Å². The van der Waals surface area contributed by atoms with E-state index in [1.165, 1.54) is 12.3 Å². The number of hydrogen-bond acceptors (Lipinski definition) is 3. The monoisotopic (exact) mass is 270 g/mol. The standard InChI is InChI=1S/C13H10N4O3/c18-11-8(2-1-5-14-11)12(19)15-7-3-4-9-10(6-7)17-13(20)16-9/h1-6H,(H,14,18)(H,15,19)(H2,16,17,20). The second kappa shape index (κ2) is 4.54. The Morgan fingerprint density at radius 2 is 1.85 bits per heavy atom. The molecule has 0 unspecified atom stereocenters. The van der Waals surface area contributed by atoms with Gasteiger partial charge in [-0.1, -0.05) is 0 Å². The van der Waals surface area contributed by atoms with E-state index in [4.69, 9.17) is 0 Å². The molecule has 0 aliphatic heterocycles. The first kappa shape index (κ1) is 12.0. The molecule has 0 radical (unpaired) electrons. The minimum absolute atomic E-state index is 0.0233. The number of nitrogens with one attached hydrogen (secondary N) is 4. The lowest BCUT2D eigenvalue weighted by atomic mass is 10.2. The number of H-pyrrole nitrogens is 3. The highest BCUT2D eigenvalue weighted by molar-refractivity contribution is 6.04. The number of carbonyl (C=O) groups excluding carboxylic acids is 1. The van der Waals surface area contributed by atoms with Crippen LogP contribution in [0.15, 0.2) is 46.1 Å². The lowest BCUT2D eigenvalue weighted by Crippen LogP contribution is -2.22. The third-order valence-corrected chi connectivity index (χ3v) is 2.84. The van der Waals surface area contributed by atoms with Crippen molar-refractivity contribution in [3.63, 3.8) is 0 Å². The van der Waals surface area contributed by atoms with Crippen molar-refractivity contribution < 1.29 is 4.79 Å². The van der Waals surface area contributed by atoms with Gasteiger partial charge in [-0.25, -0.2) is 4.79 Å². The van der Waals surface area contributed by atoms with Crippen LogP contribution in [0.5, 0.6) is 0 Å². The molecule has 0 atom stereocenters. The van der Waals surface area contributed by atoms with Crippen LogP contribution in [0.25, 0.3) is 11.0 Å². The summed E-state index contributed by atoms with van der Waals surface area (Å²) in [6.45, 7) is 0. The van der Waals surface area contributed by atoms with Crippen molar-refractivity contribution in [3.8, 4) is 0 Å². The van der Waals surface area contributed by atoms with Crippen molar-refractivity contribution in [2.75, 3.05) is 5.32 Å². The van der Waals surface area contributed by atoms with Gasteiger partial charge in [0.1, 0.15) is 5.56 Å². The average molecular weight is 270 g/mol. The maximum absolute atomic E-state index is 12.0. The van der Waals surface area contributed by atoms with Crippen LogP contribution in [0, 0.1) is 0 Å². The fourth-order valence-corrected chi connectivity index (χ4v) is 1.91. The molecule has 0 saturated heterocycles. The zero-order chi connectivity index (χ0) is 14.1. The van der Waals surface area contributed by atoms with Gasteiger partial charge in [0.25, 0.3) is 11.5 Å². The summed E-state index contributed by atoms with van der Waals surface area (Å²) in [6, 6.07) is 7.93. The first-order valence-corrected chi connectivity index (χ1v) is 5.84. The number of benzene rings is 1. The zero-order valence-electron chi connectivity index (χ0n) is 10.2. The Bertz CT molecular complexity index is 903. The van der Waals surface area contributed by atoms with E-state index < -0.39 is 11.5 Å². The van der Waals surface area contributed by atoms with Crippen LogP contribution in [-0.2, 0) is 0 Å². The normalized spacial score (nSPS) is 10.6. The van der Waals surface area contributed by atoms with Crippen LogP contribution >= 0.6 is 0 Å². The predicted molar refractivity (Wildman–Crippen MR) is 73.9 cm³/mol. The molecular formula is C13H10N4O3. The summed E-state index contributed by atoms with van der Waals surface area (Å²) in [5.74, 6) is -0.510. The van der Waals surface area contributed by atoms with Crippen LogP contribution in [0.2, 0.25) is 0 Å². The van der Waals surface area contributed by atoms with Crippen LogP contribution in [0.3, 0.4) is 0 Å². The first-order chi connectivity index (χ1) is 9.63. The molecule has 0 fully saturated rings. The van der Waals surface area contributed by atoms with Gasteiger partial charge in [-0.15, -0.1) is 0 Å². The van der Waals surface area contributed by atoms with E-state index in [1.54, 1.807) is 24.3 Å². The summed E-state index contributed by atoms with van der Waals surface area (Å²) < 4.78 is 0. The molecule has 1 amide bonds. The molecule has 1 aromatic carbocycles. The van der Waals surface area contributed by atoms with Gasteiger partial charge in [-0.05, 0) is 30.3 Å². The number of fused-ring (bicyclic) bond motifs is 1. The summed E-state index contributed by atoms with van der Waals surface area (Å²) in [4.78, 5) is 42.2. The fourth-order valence-electron chi connectivity index (χ4n) is 1.91. The van der Waals surface area contributed by atoms with Crippen molar-refractivity contribution in [2.45, 2.75) is 0 Å². The Kier molecular flexibility index (Phi) is 2.72. The molecule has 0 saturated carbocycles. The number of rotatable bonds is 2. The van der Waals surface area contributed by atoms with Crippen LogP contribution < -0.4 is 16.6 Å². The van der Waals surface area contributed by atoms with E-state index in [0.29, 0.717) is 16.7 Å². The number of imidazole rings is 1. The number of hydrogen-bond donors (Lipinski definition) is 4. The molecule has 7 heteroatoms. The number of anilines is 1. The molecular weight excluding hydrogens is 260 g/mol. The molecule has 7 nitrogen and oxygen atoms in total. The van der Waals surface area contributed by atoms with Gasteiger partial charge in [0.2, 0.25) is 0 Å². The molecule has 0 bridgehead atoms. The summed E-state index contributed by atoms with van der Waals surface area (Å²) in [5, 5.41) is 2.61. The van der Waals surface area contributed by atoms with Crippen molar-refractivity contribution in [2.24, 2.45) is 0 Å². The van der Waals surface area contributed by atoms with Gasteiger partial charge >= 0.3 is 5.69 Å². The van der Waals surface area contributed by atoms with Crippen molar-refractivity contribution in [3.05, 3.63) is 62.9 Å². The molecule has 0 aliphatic rings. The van der Waals surface area contributed by atoms with Crippen LogP contribution in [0.4, 0.5) is 5.69 Å². The summed E-state index contributed by atoms with van der Waals surface area (Å²) in [6.07, 6.45) is 1.45. The van der Waals surface area contributed by atoms with Gasteiger partial charge in [0, 0.05) is 11.9 Å². The van der Waals surface area contributed by atoms with Crippen molar-refractivity contribution >= 4 is 22.6 Å². The fraction of sp³-hybridized carbons (Fsp3) is 0. The van der Waals surface area contributed by atoms with E-state index in [-0.39, 0.29) is 11.3 Å². The highest BCUT2D eigenvalue weighted by Gasteiger charge is 2.10. The second-order valence-electron chi connectivity index (χ2n) is 4.21. The molecule has 2 aromatic heterocycles. The van der Waals surface area contributed by atoms with E-state index in [9.17, 15) is 14.4 Å². The Morgan fingerprint density at radius 1 is 1.05 bits per heavy atom. The molecule has 2 heterocycles. The van der Waals surface area contributed by atoms with Crippen molar-refractivity contribution in [1.29, 1.82) is 0 Å². The minimum atomic E-state index is -0.510. The van der Waals surface area contributed by atoms with Crippen LogP contribution in [0.1, 0.15) is 10.4 Å². The second-order valence-corrected chi connectivity index (χ2v) is 4.21. The maximum atomic E-state index is 12.0. The number of carbonyl (C=O) groups is 1. The molecule has 0 spiro atoms. The lowest BCUT2D eigenvalue weighted by molar-refractivity contribution is 0.102. The maximum Gasteiger partial charge on any atom is 0.323 e. The predicted octanol–water partition coefficient (Wildman–Crippen LogP) is 0.797. The Hall–Kier alpha value is -3.09. The third kappa shape index (κ3) is 2.12. The minimum Gasteiger partial charge on any atom is -0.328 e. The van der Waals surface area contributed by atoms with Gasteiger partial charge in [0.05, 0.1) is 11.0 Å². The van der Waals surface area contributed by atoms with Gasteiger partial charge < -0.3 is 20.3 Å². The third-order valence-electron chi connectivity index (χ3n) is 2.84.